The third kappa shape index (κ3) is 4.95. The Bertz CT molecular complexity index is 519. The van der Waals surface area contributed by atoms with Crippen LogP contribution in [0.1, 0.15) is 31.2 Å². The summed E-state index contributed by atoms with van der Waals surface area (Å²) in [5.74, 6) is 0.537. The van der Waals surface area contributed by atoms with Gasteiger partial charge in [-0.1, -0.05) is 30.3 Å². The number of ether oxygens (including phenoxy) is 1. The van der Waals surface area contributed by atoms with Gasteiger partial charge in [0.1, 0.15) is 6.61 Å². The number of benzene rings is 1. The Kier molecular flexibility index (Phi) is 6.10. The fourth-order valence-electron chi connectivity index (χ4n) is 3.55. The predicted molar refractivity (Wildman–Crippen MR) is 94.6 cm³/mol. The van der Waals surface area contributed by atoms with E-state index in [1.54, 1.807) is 0 Å². The Labute approximate surface area is 144 Å². The van der Waals surface area contributed by atoms with E-state index in [-0.39, 0.29) is 6.09 Å². The number of nitrogens with two attached hydrogens (primary N) is 1. The molecule has 1 saturated heterocycles. The number of hydrogen-bond acceptors (Lipinski definition) is 4. The molecule has 1 aliphatic heterocycles. The van der Waals surface area contributed by atoms with Gasteiger partial charge in [-0.15, -0.1) is 0 Å². The van der Waals surface area contributed by atoms with Gasteiger partial charge in [0, 0.05) is 38.8 Å². The summed E-state index contributed by atoms with van der Waals surface area (Å²) < 4.78 is 5.48. The molecule has 2 fully saturated rings. The van der Waals surface area contributed by atoms with E-state index >= 15 is 0 Å². The Morgan fingerprint density at radius 2 is 2.04 bits per heavy atom. The maximum absolute atomic E-state index is 12.3. The molecule has 1 aliphatic carbocycles. The Hall–Kier alpha value is -1.59. The molecule has 1 saturated carbocycles. The average Bonchev–Trinajstić information content (AvgIpc) is 3.45. The summed E-state index contributed by atoms with van der Waals surface area (Å²) in [4.78, 5) is 16.7. The number of nitrogens with zero attached hydrogens (tertiary/aromatic N) is 2. The van der Waals surface area contributed by atoms with Crippen LogP contribution in [0.4, 0.5) is 4.79 Å². The molecule has 1 amide bonds. The summed E-state index contributed by atoms with van der Waals surface area (Å²) in [6.45, 7) is 4.71. The van der Waals surface area contributed by atoms with Crippen LogP contribution in [0.5, 0.6) is 0 Å². The van der Waals surface area contributed by atoms with Crippen LogP contribution >= 0.6 is 0 Å². The van der Waals surface area contributed by atoms with Crippen LogP contribution in [0.15, 0.2) is 30.3 Å². The first-order chi connectivity index (χ1) is 11.8. The third-order valence-electron chi connectivity index (χ3n) is 4.95. The second-order valence-electron chi connectivity index (χ2n) is 7.01. The molecule has 3 rings (SSSR count). The van der Waals surface area contributed by atoms with Gasteiger partial charge in [0.15, 0.2) is 0 Å². The van der Waals surface area contributed by atoms with Crippen LogP contribution in [-0.4, -0.2) is 54.7 Å². The van der Waals surface area contributed by atoms with Crippen LogP contribution in [0.3, 0.4) is 0 Å². The molecule has 1 heterocycles. The van der Waals surface area contributed by atoms with Crippen LogP contribution < -0.4 is 5.73 Å². The van der Waals surface area contributed by atoms with Gasteiger partial charge < -0.3 is 15.4 Å². The van der Waals surface area contributed by atoms with E-state index in [0.717, 1.165) is 44.2 Å². The predicted octanol–water partition coefficient (Wildman–Crippen LogP) is 2.46. The first-order valence-corrected chi connectivity index (χ1v) is 9.16. The monoisotopic (exact) mass is 331 g/mol. The molecule has 0 unspecified atom stereocenters. The maximum atomic E-state index is 12.3. The Morgan fingerprint density at radius 1 is 1.25 bits per heavy atom. The van der Waals surface area contributed by atoms with Crippen LogP contribution in [-0.2, 0) is 11.3 Å². The van der Waals surface area contributed by atoms with E-state index in [1.807, 2.05) is 35.2 Å². The van der Waals surface area contributed by atoms with Gasteiger partial charge in [-0.3, -0.25) is 4.90 Å². The molecule has 5 heteroatoms. The highest BCUT2D eigenvalue weighted by Gasteiger charge is 2.32. The third-order valence-corrected chi connectivity index (χ3v) is 4.95. The van der Waals surface area contributed by atoms with E-state index in [9.17, 15) is 4.79 Å². The number of carbonyl (C=O) groups excluding carboxylic acids is 1. The molecule has 1 aromatic rings. The number of rotatable bonds is 7. The van der Waals surface area contributed by atoms with Crippen LogP contribution in [0.25, 0.3) is 0 Å². The molecule has 0 aromatic heterocycles. The number of carbonyl (C=O) groups is 1. The van der Waals surface area contributed by atoms with Crippen molar-refractivity contribution in [2.75, 3.05) is 32.7 Å². The Morgan fingerprint density at radius 3 is 2.75 bits per heavy atom. The smallest absolute Gasteiger partial charge is 0.410 e. The molecule has 24 heavy (non-hydrogen) atoms. The van der Waals surface area contributed by atoms with Crippen molar-refractivity contribution in [1.82, 2.24) is 9.80 Å². The van der Waals surface area contributed by atoms with Gasteiger partial charge >= 0.3 is 6.09 Å². The minimum absolute atomic E-state index is 0.180. The zero-order valence-corrected chi connectivity index (χ0v) is 14.4. The molecule has 2 aliphatic rings. The van der Waals surface area contributed by atoms with E-state index in [4.69, 9.17) is 10.5 Å². The minimum atomic E-state index is -0.180. The lowest BCUT2D eigenvalue weighted by Gasteiger charge is -2.35. The summed E-state index contributed by atoms with van der Waals surface area (Å²) in [6.07, 6.45) is 4.67. The van der Waals surface area contributed by atoms with Gasteiger partial charge in [0.05, 0.1) is 0 Å². The van der Waals surface area contributed by atoms with Gasteiger partial charge in [-0.2, -0.15) is 0 Å². The second-order valence-corrected chi connectivity index (χ2v) is 7.01. The number of hydrogen-bond donors (Lipinski definition) is 1. The summed E-state index contributed by atoms with van der Waals surface area (Å²) in [7, 11) is 0. The molecule has 1 atom stereocenters. The largest absolute Gasteiger partial charge is 0.445 e. The highest BCUT2D eigenvalue weighted by molar-refractivity contribution is 5.67. The quantitative estimate of drug-likeness (QED) is 0.834. The average molecular weight is 331 g/mol. The molecule has 0 radical (unpaired) electrons. The van der Waals surface area contributed by atoms with Crippen molar-refractivity contribution in [2.24, 2.45) is 11.7 Å². The van der Waals surface area contributed by atoms with Crippen molar-refractivity contribution < 1.29 is 9.53 Å². The molecule has 0 spiro atoms. The zero-order valence-electron chi connectivity index (χ0n) is 14.4. The molecule has 5 nitrogen and oxygen atoms in total. The van der Waals surface area contributed by atoms with E-state index < -0.39 is 0 Å². The van der Waals surface area contributed by atoms with Crippen molar-refractivity contribution in [3.63, 3.8) is 0 Å². The summed E-state index contributed by atoms with van der Waals surface area (Å²) in [5.41, 5.74) is 6.77. The van der Waals surface area contributed by atoms with Gasteiger partial charge in [-0.25, -0.2) is 4.79 Å². The van der Waals surface area contributed by atoms with Crippen molar-refractivity contribution in [2.45, 2.75) is 38.3 Å². The maximum Gasteiger partial charge on any atom is 0.410 e. The second kappa shape index (κ2) is 8.49. The standard InChI is InChI=1S/C19H29N3O2/c20-10-12-21(18-8-9-18)13-17-7-4-11-22(14-17)19(23)24-15-16-5-2-1-3-6-16/h1-3,5-6,17-18H,4,7-15,20H2/t17-/m0/s1. The highest BCUT2D eigenvalue weighted by atomic mass is 16.6. The molecule has 132 valence electrons. The van der Waals surface area contributed by atoms with E-state index in [2.05, 4.69) is 4.90 Å². The van der Waals surface area contributed by atoms with Crippen molar-refractivity contribution in [3.8, 4) is 0 Å². The first-order valence-electron chi connectivity index (χ1n) is 9.16. The lowest BCUT2D eigenvalue weighted by molar-refractivity contribution is 0.0718. The topological polar surface area (TPSA) is 58.8 Å². The fourth-order valence-corrected chi connectivity index (χ4v) is 3.55. The van der Waals surface area contributed by atoms with Gasteiger partial charge in [0.2, 0.25) is 0 Å². The molecule has 1 aromatic carbocycles. The molecule has 0 bridgehead atoms. The van der Waals surface area contributed by atoms with Gasteiger partial charge in [-0.05, 0) is 37.2 Å². The van der Waals surface area contributed by atoms with E-state index in [0.29, 0.717) is 19.1 Å². The summed E-state index contributed by atoms with van der Waals surface area (Å²) >= 11 is 0. The SMILES string of the molecule is NCCN(C[C@@H]1CCCN(C(=O)OCc2ccccc2)C1)C1CC1. The molecular formula is C19H29N3O2. The summed E-state index contributed by atoms with van der Waals surface area (Å²) in [6, 6.07) is 10.6. The molecular weight excluding hydrogens is 302 g/mol. The number of piperidine rings is 1. The Balaban J connectivity index is 1.46. The minimum Gasteiger partial charge on any atom is -0.445 e. The van der Waals surface area contributed by atoms with Crippen LogP contribution in [0.2, 0.25) is 0 Å². The fraction of sp³-hybridized carbons (Fsp3) is 0.632. The normalized spacial score (nSPS) is 21.1. The lowest BCUT2D eigenvalue weighted by Crippen LogP contribution is -2.45. The summed E-state index contributed by atoms with van der Waals surface area (Å²) in [5, 5.41) is 0. The van der Waals surface area contributed by atoms with E-state index in [1.165, 1.54) is 19.3 Å². The number of amides is 1. The van der Waals surface area contributed by atoms with Crippen molar-refractivity contribution >= 4 is 6.09 Å². The van der Waals surface area contributed by atoms with Crippen LogP contribution in [0, 0.1) is 5.92 Å². The molecule has 2 N–H and O–H groups in total. The van der Waals surface area contributed by atoms with Crippen molar-refractivity contribution in [1.29, 1.82) is 0 Å². The van der Waals surface area contributed by atoms with Gasteiger partial charge in [0.25, 0.3) is 0 Å². The zero-order chi connectivity index (χ0) is 16.8. The number of likely N-dealkylation sites (tertiary alicyclic amines) is 1. The van der Waals surface area contributed by atoms with Crippen molar-refractivity contribution in [3.05, 3.63) is 35.9 Å². The highest BCUT2D eigenvalue weighted by Crippen LogP contribution is 2.29. The first kappa shape index (κ1) is 17.2. The lowest BCUT2D eigenvalue weighted by atomic mass is 9.97.